The predicted molar refractivity (Wildman–Crippen MR) is 54.4 cm³/mol. The summed E-state index contributed by atoms with van der Waals surface area (Å²) in [5.74, 6) is -0.292. The van der Waals surface area contributed by atoms with Gasteiger partial charge in [-0.05, 0) is 19.2 Å². The van der Waals surface area contributed by atoms with Crippen LogP contribution in [0.1, 0.15) is 5.56 Å². The Labute approximate surface area is 82.2 Å². The average molecular weight is 200 g/mol. The van der Waals surface area contributed by atoms with Gasteiger partial charge in [-0.25, -0.2) is 4.39 Å². The first-order valence-corrected chi connectivity index (χ1v) is 4.38. The minimum Gasteiger partial charge on any atom is -0.316 e. The topological polar surface area (TPSA) is 12.0 Å². The van der Waals surface area contributed by atoms with Gasteiger partial charge in [0.15, 0.2) is 0 Å². The van der Waals surface area contributed by atoms with Crippen LogP contribution < -0.4 is 5.32 Å². The summed E-state index contributed by atoms with van der Waals surface area (Å²) in [6, 6.07) is 4.63. The molecule has 0 fully saturated rings. The molecule has 0 aliphatic heterocycles. The van der Waals surface area contributed by atoms with E-state index in [9.17, 15) is 4.39 Å². The van der Waals surface area contributed by atoms with Crippen LogP contribution in [-0.2, 0) is 0 Å². The fraction of sp³-hybridized carbons (Fsp3) is 0.200. The monoisotopic (exact) mass is 199 g/mol. The lowest BCUT2D eigenvalue weighted by atomic mass is 10.2. The molecule has 1 aromatic rings. The zero-order valence-corrected chi connectivity index (χ0v) is 8.11. The number of likely N-dealkylation sites (N-methyl/N-ethyl adjacent to an activating group) is 1. The molecule has 0 aromatic heterocycles. The van der Waals surface area contributed by atoms with Crippen molar-refractivity contribution in [2.45, 2.75) is 0 Å². The van der Waals surface area contributed by atoms with E-state index < -0.39 is 0 Å². The minimum absolute atomic E-state index is 0.292. The van der Waals surface area contributed by atoms with E-state index in [2.05, 4.69) is 5.32 Å². The van der Waals surface area contributed by atoms with Crippen LogP contribution in [0.3, 0.4) is 0 Å². The second-order valence-electron chi connectivity index (χ2n) is 2.63. The van der Waals surface area contributed by atoms with Gasteiger partial charge in [0, 0.05) is 17.1 Å². The predicted octanol–water partition coefficient (Wildman–Crippen LogP) is 2.71. The molecule has 0 saturated heterocycles. The lowest BCUT2D eigenvalue weighted by Gasteiger charge is -1.96. The number of halogens is 2. The van der Waals surface area contributed by atoms with Crippen LogP contribution in [0.15, 0.2) is 24.3 Å². The molecular formula is C10H11ClFN. The molecule has 0 aliphatic carbocycles. The first-order valence-electron chi connectivity index (χ1n) is 4.00. The van der Waals surface area contributed by atoms with Crippen LogP contribution >= 0.6 is 11.6 Å². The van der Waals surface area contributed by atoms with Crippen molar-refractivity contribution in [3.63, 3.8) is 0 Å². The molecule has 0 heterocycles. The standard InChI is InChI=1S/C10H11ClFN/c1-13-6-2-3-8-4-5-9(11)7-10(8)12/h2-5,7,13H,6H2,1H3/b3-2+. The van der Waals surface area contributed by atoms with E-state index in [1.165, 1.54) is 6.07 Å². The van der Waals surface area contributed by atoms with Crippen molar-refractivity contribution in [1.82, 2.24) is 5.32 Å². The van der Waals surface area contributed by atoms with Gasteiger partial charge in [0.1, 0.15) is 5.82 Å². The molecule has 1 aromatic carbocycles. The molecule has 0 unspecified atom stereocenters. The average Bonchev–Trinajstić information content (AvgIpc) is 2.09. The van der Waals surface area contributed by atoms with E-state index in [-0.39, 0.29) is 5.82 Å². The van der Waals surface area contributed by atoms with Gasteiger partial charge >= 0.3 is 0 Å². The molecule has 1 nitrogen and oxygen atoms in total. The van der Waals surface area contributed by atoms with Crippen LogP contribution in [0, 0.1) is 5.82 Å². The molecular weight excluding hydrogens is 189 g/mol. The van der Waals surface area contributed by atoms with E-state index >= 15 is 0 Å². The summed E-state index contributed by atoms with van der Waals surface area (Å²) in [6.45, 7) is 0.724. The van der Waals surface area contributed by atoms with Crippen molar-refractivity contribution in [1.29, 1.82) is 0 Å². The summed E-state index contributed by atoms with van der Waals surface area (Å²) >= 11 is 5.60. The third-order valence-corrected chi connectivity index (χ3v) is 1.82. The Morgan fingerprint density at radius 1 is 1.54 bits per heavy atom. The highest BCUT2D eigenvalue weighted by molar-refractivity contribution is 6.30. The van der Waals surface area contributed by atoms with Crippen LogP contribution in [-0.4, -0.2) is 13.6 Å². The smallest absolute Gasteiger partial charge is 0.131 e. The minimum atomic E-state index is -0.292. The Morgan fingerprint density at radius 2 is 2.31 bits per heavy atom. The van der Waals surface area contributed by atoms with Crippen molar-refractivity contribution < 1.29 is 4.39 Å². The highest BCUT2D eigenvalue weighted by Crippen LogP contribution is 2.15. The molecule has 1 N–H and O–H groups in total. The van der Waals surface area contributed by atoms with Crippen LogP contribution in [0.5, 0.6) is 0 Å². The van der Waals surface area contributed by atoms with Crippen LogP contribution in [0.25, 0.3) is 6.08 Å². The van der Waals surface area contributed by atoms with Gasteiger partial charge in [0.2, 0.25) is 0 Å². The Balaban J connectivity index is 2.77. The van der Waals surface area contributed by atoms with Gasteiger partial charge in [-0.1, -0.05) is 29.8 Å². The SMILES string of the molecule is CNC/C=C/c1ccc(Cl)cc1F. The summed E-state index contributed by atoms with van der Waals surface area (Å²) in [4.78, 5) is 0. The fourth-order valence-corrected chi connectivity index (χ4v) is 1.10. The number of hydrogen-bond donors (Lipinski definition) is 1. The van der Waals surface area contributed by atoms with Crippen LogP contribution in [0.2, 0.25) is 5.02 Å². The largest absolute Gasteiger partial charge is 0.316 e. The Morgan fingerprint density at radius 3 is 2.92 bits per heavy atom. The maximum atomic E-state index is 13.1. The molecule has 0 amide bonds. The molecule has 3 heteroatoms. The van der Waals surface area contributed by atoms with E-state index in [1.807, 2.05) is 13.1 Å². The van der Waals surface area contributed by atoms with E-state index in [0.717, 1.165) is 6.54 Å². The van der Waals surface area contributed by atoms with E-state index in [0.29, 0.717) is 10.6 Å². The fourth-order valence-electron chi connectivity index (χ4n) is 0.940. The van der Waals surface area contributed by atoms with Gasteiger partial charge in [-0.15, -0.1) is 0 Å². The summed E-state index contributed by atoms with van der Waals surface area (Å²) in [5, 5.41) is 3.35. The first kappa shape index (κ1) is 10.2. The maximum absolute atomic E-state index is 13.1. The molecule has 70 valence electrons. The first-order chi connectivity index (χ1) is 6.24. The van der Waals surface area contributed by atoms with Crippen molar-refractivity contribution in [3.05, 3.63) is 40.7 Å². The molecule has 0 bridgehead atoms. The molecule has 1 rings (SSSR count). The Bertz CT molecular complexity index is 310. The molecule has 13 heavy (non-hydrogen) atoms. The summed E-state index contributed by atoms with van der Waals surface area (Å²) in [7, 11) is 1.84. The van der Waals surface area contributed by atoms with Gasteiger partial charge in [0.05, 0.1) is 0 Å². The van der Waals surface area contributed by atoms with E-state index in [4.69, 9.17) is 11.6 Å². The quantitative estimate of drug-likeness (QED) is 0.790. The second kappa shape index (κ2) is 5.00. The third-order valence-electron chi connectivity index (χ3n) is 1.58. The molecule has 0 saturated carbocycles. The van der Waals surface area contributed by atoms with E-state index in [1.54, 1.807) is 18.2 Å². The lowest BCUT2D eigenvalue weighted by molar-refractivity contribution is 0.625. The number of hydrogen-bond acceptors (Lipinski definition) is 1. The summed E-state index contributed by atoms with van der Waals surface area (Å²) < 4.78 is 13.1. The Hall–Kier alpha value is -0.860. The summed E-state index contributed by atoms with van der Waals surface area (Å²) in [5.41, 5.74) is 0.555. The molecule has 0 aliphatic rings. The Kier molecular flexibility index (Phi) is 3.93. The molecule has 0 atom stereocenters. The second-order valence-corrected chi connectivity index (χ2v) is 3.06. The van der Waals surface area contributed by atoms with Crippen molar-refractivity contribution in [2.75, 3.05) is 13.6 Å². The maximum Gasteiger partial charge on any atom is 0.131 e. The zero-order chi connectivity index (χ0) is 9.68. The molecule has 0 radical (unpaired) electrons. The van der Waals surface area contributed by atoms with Crippen molar-refractivity contribution in [3.8, 4) is 0 Å². The summed E-state index contributed by atoms with van der Waals surface area (Å²) in [6.07, 6.45) is 3.58. The van der Waals surface area contributed by atoms with Gasteiger partial charge in [-0.2, -0.15) is 0 Å². The van der Waals surface area contributed by atoms with Crippen molar-refractivity contribution >= 4 is 17.7 Å². The highest BCUT2D eigenvalue weighted by atomic mass is 35.5. The number of benzene rings is 1. The van der Waals surface area contributed by atoms with Gasteiger partial charge in [-0.3, -0.25) is 0 Å². The zero-order valence-electron chi connectivity index (χ0n) is 7.35. The number of nitrogens with one attached hydrogen (secondary N) is 1. The van der Waals surface area contributed by atoms with Gasteiger partial charge < -0.3 is 5.32 Å². The normalized spacial score (nSPS) is 11.0. The molecule has 0 spiro atoms. The highest BCUT2D eigenvalue weighted by Gasteiger charge is 1.97. The van der Waals surface area contributed by atoms with Crippen LogP contribution in [0.4, 0.5) is 4.39 Å². The van der Waals surface area contributed by atoms with Crippen molar-refractivity contribution in [2.24, 2.45) is 0 Å². The van der Waals surface area contributed by atoms with Gasteiger partial charge in [0.25, 0.3) is 0 Å². The third kappa shape index (κ3) is 3.17. The number of rotatable bonds is 3. The lowest BCUT2D eigenvalue weighted by Crippen LogP contribution is -2.03.